The van der Waals surface area contributed by atoms with Gasteiger partial charge in [-0.2, -0.15) is 0 Å². The minimum atomic E-state index is 0.522. The fourth-order valence-corrected chi connectivity index (χ4v) is 4.11. The third-order valence-corrected chi connectivity index (χ3v) is 5.31. The number of halogens is 1. The van der Waals surface area contributed by atoms with Gasteiger partial charge in [-0.3, -0.25) is 4.90 Å². The average Bonchev–Trinajstić information content (AvgIpc) is 2.96. The smallest absolute Gasteiger partial charge is 0.0351 e. The molecular weight excluding hydrogens is 310 g/mol. The molecule has 20 heavy (non-hydrogen) atoms. The van der Waals surface area contributed by atoms with E-state index in [4.69, 9.17) is 0 Å². The van der Waals surface area contributed by atoms with Gasteiger partial charge < -0.3 is 0 Å². The number of nitrogens with zero attached hydrogens (tertiary/aromatic N) is 1. The minimum absolute atomic E-state index is 0.522. The van der Waals surface area contributed by atoms with E-state index < -0.39 is 0 Å². The minimum Gasteiger partial charge on any atom is -0.295 e. The Kier molecular flexibility index (Phi) is 3.16. The highest BCUT2D eigenvalue weighted by Gasteiger charge is 2.35. The molecule has 1 unspecified atom stereocenters. The molecule has 2 aromatic carbocycles. The second kappa shape index (κ2) is 5.01. The molecule has 2 aliphatic rings. The van der Waals surface area contributed by atoms with Crippen LogP contribution in [0.1, 0.15) is 41.5 Å². The summed E-state index contributed by atoms with van der Waals surface area (Å²) in [7, 11) is 0. The summed E-state index contributed by atoms with van der Waals surface area (Å²) >= 11 is 3.54. The lowest BCUT2D eigenvalue weighted by atomic mass is 9.82. The zero-order chi connectivity index (χ0) is 13.5. The van der Waals surface area contributed by atoms with Gasteiger partial charge in [-0.1, -0.05) is 52.3 Å². The summed E-state index contributed by atoms with van der Waals surface area (Å²) in [5.74, 6) is 0.522. The zero-order valence-corrected chi connectivity index (χ0v) is 13.0. The van der Waals surface area contributed by atoms with Gasteiger partial charge in [-0.25, -0.2) is 0 Å². The summed E-state index contributed by atoms with van der Waals surface area (Å²) in [4.78, 5) is 2.68. The Balaban J connectivity index is 1.80. The lowest BCUT2D eigenvalue weighted by Gasteiger charge is -2.37. The maximum absolute atomic E-state index is 3.54. The molecule has 0 radical (unpaired) electrons. The lowest BCUT2D eigenvalue weighted by molar-refractivity contribution is 0.230. The van der Waals surface area contributed by atoms with Crippen LogP contribution in [0.4, 0.5) is 0 Å². The molecule has 0 aliphatic carbocycles. The Morgan fingerprint density at radius 1 is 0.950 bits per heavy atom. The van der Waals surface area contributed by atoms with E-state index in [9.17, 15) is 0 Å². The van der Waals surface area contributed by atoms with Crippen LogP contribution >= 0.6 is 15.9 Å². The number of benzene rings is 2. The maximum Gasteiger partial charge on any atom is 0.0351 e. The van der Waals surface area contributed by atoms with Crippen molar-refractivity contribution in [2.45, 2.75) is 24.8 Å². The molecule has 0 amide bonds. The zero-order valence-electron chi connectivity index (χ0n) is 11.4. The molecule has 102 valence electrons. The molecule has 0 spiro atoms. The van der Waals surface area contributed by atoms with Crippen LogP contribution in [0.5, 0.6) is 0 Å². The summed E-state index contributed by atoms with van der Waals surface area (Å²) in [6.45, 7) is 2.43. The second-order valence-electron chi connectivity index (χ2n) is 5.89. The normalized spacial score (nSPS) is 25.2. The van der Waals surface area contributed by atoms with Crippen LogP contribution in [-0.4, -0.2) is 18.0 Å². The Hall–Kier alpha value is -1.12. The monoisotopic (exact) mass is 327 g/mol. The van der Waals surface area contributed by atoms with Crippen LogP contribution in [0.25, 0.3) is 0 Å². The molecule has 4 rings (SSSR count). The van der Waals surface area contributed by atoms with E-state index in [0.29, 0.717) is 12.0 Å². The van der Waals surface area contributed by atoms with Crippen LogP contribution in [0, 0.1) is 0 Å². The molecule has 0 saturated carbocycles. The van der Waals surface area contributed by atoms with Crippen molar-refractivity contribution in [1.82, 2.24) is 4.90 Å². The lowest BCUT2D eigenvalue weighted by Crippen LogP contribution is -2.34. The van der Waals surface area contributed by atoms with Gasteiger partial charge in [0.15, 0.2) is 0 Å². The molecule has 0 bridgehead atoms. The topological polar surface area (TPSA) is 3.24 Å². The number of hydrogen-bond donors (Lipinski definition) is 0. The predicted molar refractivity (Wildman–Crippen MR) is 86.0 cm³/mol. The van der Waals surface area contributed by atoms with E-state index >= 15 is 0 Å². The highest BCUT2D eigenvalue weighted by Crippen LogP contribution is 2.44. The molecule has 0 aromatic heterocycles. The van der Waals surface area contributed by atoms with E-state index in [1.54, 1.807) is 5.56 Å². The van der Waals surface area contributed by atoms with Crippen molar-refractivity contribution in [3.8, 4) is 0 Å². The molecule has 1 nitrogen and oxygen atoms in total. The summed E-state index contributed by atoms with van der Waals surface area (Å²) in [5.41, 5.74) is 4.54. The second-order valence-corrected chi connectivity index (χ2v) is 6.80. The van der Waals surface area contributed by atoms with E-state index in [1.165, 1.54) is 37.1 Å². The third kappa shape index (κ3) is 2.02. The van der Waals surface area contributed by atoms with Gasteiger partial charge in [-0.15, -0.1) is 0 Å². The summed E-state index contributed by atoms with van der Waals surface area (Å²) in [5, 5.41) is 0. The first-order chi connectivity index (χ1) is 9.83. The van der Waals surface area contributed by atoms with Crippen molar-refractivity contribution >= 4 is 15.9 Å². The predicted octanol–water partition coefficient (Wildman–Crippen LogP) is 4.73. The highest BCUT2D eigenvalue weighted by molar-refractivity contribution is 9.10. The van der Waals surface area contributed by atoms with Crippen LogP contribution in [-0.2, 0) is 0 Å². The molecule has 0 N–H and O–H groups in total. The van der Waals surface area contributed by atoms with Crippen molar-refractivity contribution in [2.75, 3.05) is 13.1 Å². The van der Waals surface area contributed by atoms with Gasteiger partial charge >= 0.3 is 0 Å². The van der Waals surface area contributed by atoms with Gasteiger partial charge in [0.25, 0.3) is 0 Å². The summed E-state index contributed by atoms with van der Waals surface area (Å²) in [6, 6.07) is 18.6. The van der Waals surface area contributed by atoms with Crippen LogP contribution in [0.15, 0.2) is 53.0 Å². The van der Waals surface area contributed by atoms with E-state index in [-0.39, 0.29) is 0 Å². The van der Waals surface area contributed by atoms with Crippen LogP contribution < -0.4 is 0 Å². The molecule has 2 aliphatic heterocycles. The van der Waals surface area contributed by atoms with Gasteiger partial charge in [0.1, 0.15) is 0 Å². The molecular formula is C18H18BrN. The first-order valence-corrected chi connectivity index (χ1v) is 8.20. The van der Waals surface area contributed by atoms with E-state index in [0.717, 1.165) is 4.47 Å². The van der Waals surface area contributed by atoms with E-state index in [1.807, 2.05) is 0 Å². The van der Waals surface area contributed by atoms with Crippen molar-refractivity contribution in [2.24, 2.45) is 0 Å². The van der Waals surface area contributed by atoms with Crippen molar-refractivity contribution in [3.63, 3.8) is 0 Å². The van der Waals surface area contributed by atoms with Gasteiger partial charge in [0, 0.05) is 23.0 Å². The Morgan fingerprint density at radius 2 is 1.70 bits per heavy atom. The molecule has 2 atom stereocenters. The van der Waals surface area contributed by atoms with E-state index in [2.05, 4.69) is 69.4 Å². The third-order valence-electron chi connectivity index (χ3n) is 4.78. The molecule has 1 fully saturated rings. The molecule has 2 heteroatoms. The molecule has 2 heterocycles. The molecule has 2 aromatic rings. The first kappa shape index (κ1) is 12.6. The van der Waals surface area contributed by atoms with Crippen LogP contribution in [0.3, 0.4) is 0 Å². The standard InChI is InChI=1S/C18H18BrN/c19-14-9-7-13(8-10-14)17-12-20-11-3-6-18(20)16-5-2-1-4-15(16)17/h1-2,4-5,7-10,17-18H,3,6,11-12H2/t17?,18-/m1/s1. The fraction of sp³-hybridized carbons (Fsp3) is 0.333. The Labute approximate surface area is 128 Å². The van der Waals surface area contributed by atoms with Gasteiger partial charge in [0.05, 0.1) is 0 Å². The number of fused-ring (bicyclic) bond motifs is 3. The summed E-state index contributed by atoms with van der Waals surface area (Å²) < 4.78 is 1.16. The van der Waals surface area contributed by atoms with Gasteiger partial charge in [-0.05, 0) is 48.2 Å². The number of hydrogen-bond acceptors (Lipinski definition) is 1. The van der Waals surface area contributed by atoms with Crippen molar-refractivity contribution < 1.29 is 0 Å². The Bertz CT molecular complexity index is 620. The molecule has 1 saturated heterocycles. The number of rotatable bonds is 1. The Morgan fingerprint density at radius 3 is 2.50 bits per heavy atom. The fourth-order valence-electron chi connectivity index (χ4n) is 3.84. The SMILES string of the molecule is Brc1ccc(C2CN3CCC[C@@H]3c3ccccc32)cc1. The quantitative estimate of drug-likeness (QED) is 0.731. The average molecular weight is 328 g/mol. The van der Waals surface area contributed by atoms with Crippen LogP contribution in [0.2, 0.25) is 0 Å². The maximum atomic E-state index is 3.54. The summed E-state index contributed by atoms with van der Waals surface area (Å²) in [6.07, 6.45) is 2.66. The van der Waals surface area contributed by atoms with Gasteiger partial charge in [0.2, 0.25) is 0 Å². The first-order valence-electron chi connectivity index (χ1n) is 7.41. The van der Waals surface area contributed by atoms with Crippen molar-refractivity contribution in [3.05, 3.63) is 69.7 Å². The largest absolute Gasteiger partial charge is 0.295 e. The van der Waals surface area contributed by atoms with Crippen molar-refractivity contribution in [1.29, 1.82) is 0 Å². The highest BCUT2D eigenvalue weighted by atomic mass is 79.9.